The number of aromatic nitrogens is 2. The second kappa shape index (κ2) is 8.20. The Kier molecular flexibility index (Phi) is 5.23. The average Bonchev–Trinajstić information content (AvgIpc) is 3.65. The van der Waals surface area contributed by atoms with Gasteiger partial charge >= 0.3 is 0 Å². The van der Waals surface area contributed by atoms with Gasteiger partial charge < -0.3 is 4.90 Å². The molecule has 1 amide bonds. The van der Waals surface area contributed by atoms with Crippen LogP contribution in [0.15, 0.2) is 77.6 Å². The van der Waals surface area contributed by atoms with Gasteiger partial charge in [-0.3, -0.25) is 9.59 Å². The monoisotopic (exact) mass is 447 g/mol. The van der Waals surface area contributed by atoms with Gasteiger partial charge in [-0.2, -0.15) is 9.78 Å². The third-order valence-corrected chi connectivity index (χ3v) is 6.00. The number of hydrogen-bond donors (Lipinski definition) is 0. The fraction of sp³-hybridized carbons (Fsp3) is 0.160. The summed E-state index contributed by atoms with van der Waals surface area (Å²) in [5, 5.41) is 5.62. The number of para-hydroxylation sites is 1. The molecular weight excluding hydrogens is 429 g/mol. The summed E-state index contributed by atoms with van der Waals surface area (Å²) in [4.78, 5) is 28.5. The second-order valence-electron chi connectivity index (χ2n) is 7.81. The molecule has 0 radical (unpaired) electrons. The summed E-state index contributed by atoms with van der Waals surface area (Å²) in [6.07, 6.45) is 1.65. The first-order chi connectivity index (χ1) is 15.5. The van der Waals surface area contributed by atoms with E-state index in [9.17, 15) is 14.0 Å². The van der Waals surface area contributed by atoms with Crippen molar-refractivity contribution in [2.45, 2.75) is 25.4 Å². The molecule has 5 rings (SSSR count). The minimum absolute atomic E-state index is 0.0177. The number of fused-ring (bicyclic) bond motifs is 1. The molecule has 0 bridgehead atoms. The molecule has 1 aliphatic carbocycles. The van der Waals surface area contributed by atoms with Crippen molar-refractivity contribution in [3.63, 3.8) is 0 Å². The highest BCUT2D eigenvalue weighted by Gasteiger charge is 2.35. The van der Waals surface area contributed by atoms with Crippen molar-refractivity contribution in [1.29, 1.82) is 0 Å². The zero-order chi connectivity index (χ0) is 22.2. The van der Waals surface area contributed by atoms with Crippen LogP contribution in [0.5, 0.6) is 0 Å². The second-order valence-corrected chi connectivity index (χ2v) is 8.22. The highest BCUT2D eigenvalue weighted by Crippen LogP contribution is 2.32. The smallest absolute Gasteiger partial charge is 0.279 e. The predicted octanol–water partition coefficient (Wildman–Crippen LogP) is 4.98. The Morgan fingerprint density at radius 2 is 1.69 bits per heavy atom. The molecule has 1 aliphatic rings. The summed E-state index contributed by atoms with van der Waals surface area (Å²) < 4.78 is 15.7. The van der Waals surface area contributed by atoms with Crippen molar-refractivity contribution < 1.29 is 9.18 Å². The molecule has 0 spiro atoms. The van der Waals surface area contributed by atoms with E-state index < -0.39 is 5.82 Å². The normalized spacial score (nSPS) is 13.3. The molecule has 0 atom stereocenters. The summed E-state index contributed by atoms with van der Waals surface area (Å²) in [5.41, 5.74) is 0.685. The van der Waals surface area contributed by atoms with E-state index in [4.69, 9.17) is 11.6 Å². The van der Waals surface area contributed by atoms with Gasteiger partial charge in [0.05, 0.1) is 17.6 Å². The molecule has 0 N–H and O–H groups in total. The van der Waals surface area contributed by atoms with Crippen LogP contribution in [0.1, 0.15) is 28.9 Å². The van der Waals surface area contributed by atoms with Gasteiger partial charge in [-0.25, -0.2) is 4.39 Å². The molecule has 1 aromatic heterocycles. The predicted molar refractivity (Wildman–Crippen MR) is 122 cm³/mol. The first-order valence-corrected chi connectivity index (χ1v) is 10.7. The average molecular weight is 448 g/mol. The first kappa shape index (κ1) is 20.4. The molecule has 0 unspecified atom stereocenters. The summed E-state index contributed by atoms with van der Waals surface area (Å²) in [7, 11) is 0. The van der Waals surface area contributed by atoms with E-state index in [-0.39, 0.29) is 40.3 Å². The molecule has 0 saturated heterocycles. The van der Waals surface area contributed by atoms with Crippen LogP contribution in [0.4, 0.5) is 4.39 Å². The molecular formula is C25H19ClFN3O2. The quantitative estimate of drug-likeness (QED) is 0.433. The van der Waals surface area contributed by atoms with Gasteiger partial charge in [-0.05, 0) is 43.2 Å². The first-order valence-electron chi connectivity index (χ1n) is 10.4. The lowest BCUT2D eigenvalue weighted by Crippen LogP contribution is -2.35. The molecule has 5 nitrogen and oxygen atoms in total. The van der Waals surface area contributed by atoms with Crippen molar-refractivity contribution in [3.8, 4) is 5.69 Å². The number of halogens is 2. The van der Waals surface area contributed by atoms with Crippen molar-refractivity contribution in [2.24, 2.45) is 0 Å². The largest absolute Gasteiger partial charge is 0.330 e. The molecule has 4 aromatic rings. The Labute approximate surface area is 188 Å². The van der Waals surface area contributed by atoms with Gasteiger partial charge in [-0.1, -0.05) is 54.1 Å². The maximum absolute atomic E-state index is 14.5. The van der Waals surface area contributed by atoms with Crippen LogP contribution in [0, 0.1) is 5.82 Å². The van der Waals surface area contributed by atoms with Crippen LogP contribution in [-0.2, 0) is 6.54 Å². The van der Waals surface area contributed by atoms with Gasteiger partial charge in [0.25, 0.3) is 11.5 Å². The maximum Gasteiger partial charge on any atom is 0.279 e. The van der Waals surface area contributed by atoms with Crippen LogP contribution in [0.2, 0.25) is 5.02 Å². The highest BCUT2D eigenvalue weighted by atomic mass is 35.5. The van der Waals surface area contributed by atoms with Crippen LogP contribution >= 0.6 is 11.6 Å². The minimum Gasteiger partial charge on any atom is -0.330 e. The Hall–Kier alpha value is -3.51. The zero-order valence-electron chi connectivity index (χ0n) is 17.0. The van der Waals surface area contributed by atoms with Gasteiger partial charge in [0.1, 0.15) is 5.82 Å². The number of carbonyl (C=O) groups is 1. The number of benzene rings is 3. The number of rotatable bonds is 5. The van der Waals surface area contributed by atoms with E-state index in [1.807, 2.05) is 6.07 Å². The summed E-state index contributed by atoms with van der Waals surface area (Å²) >= 11 is 6.23. The Morgan fingerprint density at radius 1 is 1.00 bits per heavy atom. The van der Waals surface area contributed by atoms with E-state index in [1.54, 1.807) is 59.5 Å². The molecule has 32 heavy (non-hydrogen) atoms. The molecule has 1 fully saturated rings. The lowest BCUT2D eigenvalue weighted by molar-refractivity contribution is 0.0722. The van der Waals surface area contributed by atoms with Crippen LogP contribution in [-0.4, -0.2) is 26.6 Å². The lowest BCUT2D eigenvalue weighted by Gasteiger charge is -2.24. The van der Waals surface area contributed by atoms with Crippen LogP contribution < -0.4 is 5.56 Å². The van der Waals surface area contributed by atoms with E-state index in [0.29, 0.717) is 16.5 Å². The van der Waals surface area contributed by atoms with E-state index >= 15 is 0 Å². The maximum atomic E-state index is 14.5. The van der Waals surface area contributed by atoms with E-state index in [0.717, 1.165) is 12.8 Å². The third kappa shape index (κ3) is 3.67. The third-order valence-electron chi connectivity index (χ3n) is 5.65. The van der Waals surface area contributed by atoms with E-state index in [1.165, 1.54) is 16.8 Å². The van der Waals surface area contributed by atoms with Crippen molar-refractivity contribution in [3.05, 3.63) is 105 Å². The topological polar surface area (TPSA) is 55.2 Å². The minimum atomic E-state index is -0.456. The van der Waals surface area contributed by atoms with Crippen molar-refractivity contribution >= 4 is 28.3 Å². The lowest BCUT2D eigenvalue weighted by atomic mass is 10.1. The SMILES string of the molecule is O=C(c1nn(-c2ccccc2)c(=O)c2ccccc12)N(Cc1c(F)cccc1Cl)C1CC1. The summed E-state index contributed by atoms with van der Waals surface area (Å²) in [6, 6.07) is 20.3. The standard InChI is InChI=1S/C25H19ClFN3O2/c26-21-11-6-12-22(27)20(21)15-29(16-13-14-16)25(32)23-18-9-4-5-10-19(18)24(31)30(28-23)17-7-2-1-3-8-17/h1-12,16H,13-15H2. The number of nitrogens with zero attached hydrogens (tertiary/aromatic N) is 3. The number of amides is 1. The number of hydrogen-bond acceptors (Lipinski definition) is 3. The molecule has 1 heterocycles. The molecule has 0 aliphatic heterocycles. The summed E-state index contributed by atoms with van der Waals surface area (Å²) in [5.74, 6) is -0.810. The van der Waals surface area contributed by atoms with Gasteiger partial charge in [-0.15, -0.1) is 0 Å². The fourth-order valence-electron chi connectivity index (χ4n) is 3.83. The highest BCUT2D eigenvalue weighted by molar-refractivity contribution is 6.31. The Bertz CT molecular complexity index is 1360. The zero-order valence-corrected chi connectivity index (χ0v) is 17.8. The molecule has 160 valence electrons. The van der Waals surface area contributed by atoms with Crippen molar-refractivity contribution in [2.75, 3.05) is 0 Å². The Balaban J connectivity index is 1.65. The van der Waals surface area contributed by atoms with Gasteiger partial charge in [0.2, 0.25) is 0 Å². The Morgan fingerprint density at radius 3 is 2.38 bits per heavy atom. The summed E-state index contributed by atoms with van der Waals surface area (Å²) in [6.45, 7) is 0.0372. The molecule has 7 heteroatoms. The van der Waals surface area contributed by atoms with Crippen LogP contribution in [0.3, 0.4) is 0 Å². The number of carbonyl (C=O) groups excluding carboxylic acids is 1. The van der Waals surface area contributed by atoms with Gasteiger partial charge in [0.15, 0.2) is 5.69 Å². The molecule has 1 saturated carbocycles. The van der Waals surface area contributed by atoms with Crippen LogP contribution in [0.25, 0.3) is 16.5 Å². The van der Waals surface area contributed by atoms with Gasteiger partial charge in [0, 0.05) is 22.0 Å². The molecule has 3 aromatic carbocycles. The fourth-order valence-corrected chi connectivity index (χ4v) is 4.06. The van der Waals surface area contributed by atoms with Crippen molar-refractivity contribution in [1.82, 2.24) is 14.7 Å². The van der Waals surface area contributed by atoms with E-state index in [2.05, 4.69) is 5.10 Å².